The predicted octanol–water partition coefficient (Wildman–Crippen LogP) is 3.77. The molecule has 1 aromatic heterocycles. The van der Waals surface area contributed by atoms with E-state index in [1.54, 1.807) is 13.0 Å². The quantitative estimate of drug-likeness (QED) is 0.515. The number of rotatable bonds is 3. The van der Waals surface area contributed by atoms with E-state index in [0.717, 1.165) is 11.1 Å². The second-order valence-corrected chi connectivity index (χ2v) is 7.18. The molecule has 0 unspecified atom stereocenters. The third-order valence-corrected chi connectivity index (χ3v) is 5.07. The van der Waals surface area contributed by atoms with E-state index in [2.05, 4.69) is 0 Å². The van der Waals surface area contributed by atoms with Gasteiger partial charge in [-0.25, -0.2) is 9.59 Å². The van der Waals surface area contributed by atoms with Gasteiger partial charge in [0, 0.05) is 17.1 Å². The number of amides is 3. The Morgan fingerprint density at radius 3 is 2.32 bits per heavy atom. The molecular formula is C22H20N2O4. The molecule has 1 saturated heterocycles. The number of benzene rings is 2. The van der Waals surface area contributed by atoms with Crippen LogP contribution in [0, 0.1) is 13.8 Å². The molecule has 4 rings (SSSR count). The average Bonchev–Trinajstić information content (AvgIpc) is 2.85. The van der Waals surface area contributed by atoms with E-state index in [1.807, 2.05) is 50.2 Å². The summed E-state index contributed by atoms with van der Waals surface area (Å²) in [5.41, 5.74) is 3.24. The van der Waals surface area contributed by atoms with Crippen LogP contribution < -0.4 is 10.5 Å². The van der Waals surface area contributed by atoms with Gasteiger partial charge in [-0.1, -0.05) is 29.8 Å². The number of anilines is 1. The van der Waals surface area contributed by atoms with Crippen molar-refractivity contribution >= 4 is 28.6 Å². The van der Waals surface area contributed by atoms with Crippen LogP contribution in [0.15, 0.2) is 57.7 Å². The standard InChI is InChI=1S/C22H20N2O4/c1-13-4-7-17(8-5-13)24-15(3)21(26)23(22(24)27)12-16-11-20(25)28-19-10-14(2)6-9-18(16)19/h4-11,15H,12H2,1-3H3/t15-/m0/s1. The number of hydrogen-bond donors (Lipinski definition) is 0. The zero-order valence-electron chi connectivity index (χ0n) is 15.9. The highest BCUT2D eigenvalue weighted by Crippen LogP contribution is 2.28. The predicted molar refractivity (Wildman–Crippen MR) is 106 cm³/mol. The Labute approximate surface area is 162 Å². The van der Waals surface area contributed by atoms with Crippen LogP contribution >= 0.6 is 0 Å². The van der Waals surface area contributed by atoms with Gasteiger partial charge in [0.25, 0.3) is 5.91 Å². The van der Waals surface area contributed by atoms with E-state index in [-0.39, 0.29) is 12.5 Å². The molecule has 142 valence electrons. The van der Waals surface area contributed by atoms with E-state index in [4.69, 9.17) is 4.42 Å². The molecule has 3 aromatic rings. The van der Waals surface area contributed by atoms with Crippen molar-refractivity contribution in [3.8, 4) is 0 Å². The van der Waals surface area contributed by atoms with Crippen LogP contribution in [0.3, 0.4) is 0 Å². The third-order valence-electron chi connectivity index (χ3n) is 5.07. The van der Waals surface area contributed by atoms with E-state index >= 15 is 0 Å². The smallest absolute Gasteiger partial charge is 0.336 e. The number of hydrogen-bond acceptors (Lipinski definition) is 4. The lowest BCUT2D eigenvalue weighted by atomic mass is 10.1. The lowest BCUT2D eigenvalue weighted by molar-refractivity contribution is -0.127. The summed E-state index contributed by atoms with van der Waals surface area (Å²) >= 11 is 0. The van der Waals surface area contributed by atoms with Crippen LogP contribution in [0.25, 0.3) is 11.0 Å². The number of urea groups is 1. The van der Waals surface area contributed by atoms with E-state index < -0.39 is 17.7 Å². The summed E-state index contributed by atoms with van der Waals surface area (Å²) in [6.45, 7) is 5.60. The molecule has 0 spiro atoms. The van der Waals surface area contributed by atoms with Crippen molar-refractivity contribution in [3.63, 3.8) is 0 Å². The van der Waals surface area contributed by atoms with Crippen molar-refractivity contribution in [2.45, 2.75) is 33.4 Å². The molecule has 2 heterocycles. The molecular weight excluding hydrogens is 356 g/mol. The van der Waals surface area contributed by atoms with Crippen molar-refractivity contribution in [2.75, 3.05) is 4.90 Å². The van der Waals surface area contributed by atoms with Gasteiger partial charge in [-0.15, -0.1) is 0 Å². The Morgan fingerprint density at radius 1 is 0.929 bits per heavy atom. The Kier molecular flexibility index (Phi) is 4.26. The molecule has 28 heavy (non-hydrogen) atoms. The summed E-state index contributed by atoms with van der Waals surface area (Å²) < 4.78 is 5.27. The summed E-state index contributed by atoms with van der Waals surface area (Å²) in [6, 6.07) is 13.3. The maximum absolute atomic E-state index is 13.0. The Balaban J connectivity index is 1.72. The van der Waals surface area contributed by atoms with Crippen LogP contribution in [0.5, 0.6) is 0 Å². The van der Waals surface area contributed by atoms with Crippen LogP contribution in [0.4, 0.5) is 10.5 Å². The number of aryl methyl sites for hydroxylation is 2. The first-order valence-electron chi connectivity index (χ1n) is 9.10. The highest BCUT2D eigenvalue weighted by molar-refractivity contribution is 6.14. The Morgan fingerprint density at radius 2 is 1.61 bits per heavy atom. The lowest BCUT2D eigenvalue weighted by Crippen LogP contribution is -2.33. The maximum atomic E-state index is 13.0. The van der Waals surface area contributed by atoms with E-state index in [0.29, 0.717) is 22.2 Å². The van der Waals surface area contributed by atoms with Gasteiger partial charge >= 0.3 is 11.7 Å². The lowest BCUT2D eigenvalue weighted by Gasteiger charge is -2.19. The van der Waals surface area contributed by atoms with Crippen molar-refractivity contribution in [1.29, 1.82) is 0 Å². The van der Waals surface area contributed by atoms with Gasteiger partial charge in [-0.05, 0) is 50.1 Å². The molecule has 0 bridgehead atoms. The van der Waals surface area contributed by atoms with Gasteiger partial charge in [0.15, 0.2) is 0 Å². The fourth-order valence-corrected chi connectivity index (χ4v) is 3.55. The molecule has 6 nitrogen and oxygen atoms in total. The molecule has 0 radical (unpaired) electrons. The van der Waals surface area contributed by atoms with Crippen LogP contribution in [-0.2, 0) is 11.3 Å². The summed E-state index contributed by atoms with van der Waals surface area (Å²) in [4.78, 5) is 40.5. The molecule has 1 fully saturated rings. The zero-order chi connectivity index (χ0) is 20.0. The Bertz CT molecular complexity index is 1150. The first-order chi connectivity index (χ1) is 13.3. The second-order valence-electron chi connectivity index (χ2n) is 7.18. The van der Waals surface area contributed by atoms with Crippen molar-refractivity contribution < 1.29 is 14.0 Å². The third kappa shape index (κ3) is 2.97. The normalized spacial score (nSPS) is 17.0. The first kappa shape index (κ1) is 18.0. The minimum Gasteiger partial charge on any atom is -0.423 e. The first-order valence-corrected chi connectivity index (χ1v) is 9.10. The highest BCUT2D eigenvalue weighted by atomic mass is 16.4. The number of fused-ring (bicyclic) bond motifs is 1. The summed E-state index contributed by atoms with van der Waals surface area (Å²) in [5.74, 6) is -0.293. The SMILES string of the molecule is Cc1ccc(N2C(=O)N(Cc3cc(=O)oc4cc(C)ccc34)C(=O)[C@@H]2C)cc1. The van der Waals surface area contributed by atoms with Gasteiger partial charge < -0.3 is 4.42 Å². The highest BCUT2D eigenvalue weighted by Gasteiger charge is 2.43. The molecule has 3 amide bonds. The molecule has 6 heteroatoms. The number of nitrogens with zero attached hydrogens (tertiary/aromatic N) is 2. The largest absolute Gasteiger partial charge is 0.423 e. The number of carbonyl (C=O) groups excluding carboxylic acids is 2. The minimum absolute atomic E-state index is 0.0233. The molecule has 0 saturated carbocycles. The molecule has 0 N–H and O–H groups in total. The average molecular weight is 376 g/mol. The Hall–Kier alpha value is -3.41. The minimum atomic E-state index is -0.608. The maximum Gasteiger partial charge on any atom is 0.336 e. The zero-order valence-corrected chi connectivity index (χ0v) is 15.9. The fourth-order valence-electron chi connectivity index (χ4n) is 3.55. The van der Waals surface area contributed by atoms with Crippen molar-refractivity contribution in [2.24, 2.45) is 0 Å². The number of imide groups is 1. The van der Waals surface area contributed by atoms with Crippen molar-refractivity contribution in [1.82, 2.24) is 4.90 Å². The van der Waals surface area contributed by atoms with Gasteiger partial charge in [0.2, 0.25) is 0 Å². The van der Waals surface area contributed by atoms with Crippen LogP contribution in [-0.4, -0.2) is 22.9 Å². The van der Waals surface area contributed by atoms with Crippen molar-refractivity contribution in [3.05, 3.63) is 75.6 Å². The molecule has 0 aliphatic carbocycles. The van der Waals surface area contributed by atoms with Gasteiger partial charge in [-0.3, -0.25) is 14.6 Å². The van der Waals surface area contributed by atoms with Crippen LogP contribution in [0.1, 0.15) is 23.6 Å². The summed E-state index contributed by atoms with van der Waals surface area (Å²) in [6.07, 6.45) is 0. The molecule has 1 atom stereocenters. The topological polar surface area (TPSA) is 70.8 Å². The summed E-state index contributed by atoms with van der Waals surface area (Å²) in [5, 5.41) is 0.715. The molecule has 1 aliphatic rings. The number of carbonyl (C=O) groups is 2. The van der Waals surface area contributed by atoms with Gasteiger partial charge in [-0.2, -0.15) is 0 Å². The second kappa shape index (κ2) is 6.64. The van der Waals surface area contributed by atoms with E-state index in [1.165, 1.54) is 15.9 Å². The molecule has 2 aromatic carbocycles. The van der Waals surface area contributed by atoms with Gasteiger partial charge in [0.05, 0.1) is 6.54 Å². The summed E-state index contributed by atoms with van der Waals surface area (Å²) in [7, 11) is 0. The van der Waals surface area contributed by atoms with Crippen LogP contribution in [0.2, 0.25) is 0 Å². The fraction of sp³-hybridized carbons (Fsp3) is 0.227. The molecule has 1 aliphatic heterocycles. The van der Waals surface area contributed by atoms with E-state index in [9.17, 15) is 14.4 Å². The monoisotopic (exact) mass is 376 g/mol. The van der Waals surface area contributed by atoms with Gasteiger partial charge in [0.1, 0.15) is 11.6 Å².